The first kappa shape index (κ1) is 31.8. The number of rotatable bonds is 7. The Morgan fingerprint density at radius 1 is 1.02 bits per heavy atom. The van der Waals surface area contributed by atoms with Gasteiger partial charge in [0.1, 0.15) is 5.56 Å². The molecular weight excluding hydrogens is 563 g/mol. The summed E-state index contributed by atoms with van der Waals surface area (Å²) < 4.78 is 31.7. The molecule has 8 nitrogen and oxygen atoms in total. The van der Waals surface area contributed by atoms with Crippen molar-refractivity contribution < 1.29 is 33.0 Å². The molecule has 2 heterocycles. The number of hydrogen-bond acceptors (Lipinski definition) is 5. The minimum atomic E-state index is -5.08. The van der Waals surface area contributed by atoms with Crippen molar-refractivity contribution >= 4 is 17.6 Å². The van der Waals surface area contributed by atoms with Crippen LogP contribution in [0.25, 0.3) is 11.3 Å². The number of pyridine rings is 1. The molecule has 5 rings (SSSR count). The summed E-state index contributed by atoms with van der Waals surface area (Å²) in [4.78, 5) is 40.4. The molecule has 2 fully saturated rings. The Labute approximate surface area is 247 Å². The Kier molecular flexibility index (Phi) is 9.95. The Balaban J connectivity index is 0.000000541. The minimum Gasteiger partial charge on any atom is -0.477 e. The molecule has 11 heteroatoms. The molecule has 2 aromatic carbocycles. The largest absolute Gasteiger partial charge is 0.490 e. The molecule has 230 valence electrons. The molecule has 3 atom stereocenters. The van der Waals surface area contributed by atoms with E-state index in [2.05, 4.69) is 64.3 Å². The van der Waals surface area contributed by atoms with Gasteiger partial charge in [0.05, 0.1) is 5.69 Å². The van der Waals surface area contributed by atoms with Crippen molar-refractivity contribution in [2.75, 3.05) is 25.0 Å². The molecule has 1 aliphatic carbocycles. The third kappa shape index (κ3) is 7.64. The van der Waals surface area contributed by atoms with Crippen LogP contribution >= 0.6 is 0 Å². The van der Waals surface area contributed by atoms with Crippen molar-refractivity contribution in [1.82, 2.24) is 9.88 Å². The first-order valence-corrected chi connectivity index (χ1v) is 14.3. The Bertz CT molecular complexity index is 1470. The van der Waals surface area contributed by atoms with Crippen molar-refractivity contribution in [1.29, 1.82) is 0 Å². The number of nitrogens with zero attached hydrogens (tertiary/aromatic N) is 2. The van der Waals surface area contributed by atoms with Crippen LogP contribution in [-0.2, 0) is 17.8 Å². The maximum atomic E-state index is 12.3. The lowest BCUT2D eigenvalue weighted by Crippen LogP contribution is -2.43. The lowest BCUT2D eigenvalue weighted by Gasteiger charge is -2.39. The van der Waals surface area contributed by atoms with E-state index in [0.29, 0.717) is 30.0 Å². The summed E-state index contributed by atoms with van der Waals surface area (Å²) in [6.45, 7) is 5.11. The van der Waals surface area contributed by atoms with E-state index < -0.39 is 23.7 Å². The number of halogens is 3. The van der Waals surface area contributed by atoms with Crippen molar-refractivity contribution in [3.63, 3.8) is 0 Å². The standard InChI is InChI=1S/C30H35N3O3.C2HF3O2/c1-3-21-16-25(30(35)36)29(34)31-28(21)22-12-14-24(15-13-22)33-18-23-10-7-11-27(26(23)19-33)32(2)17-20-8-5-4-6-9-20;3-2(4,5)1(6)7/h4-6,8-9,12-16,23,26-27H,3,7,10-11,17-19H2,1-2H3,(H,31,34)(H,35,36);(H,6,7)/t23-,26+,27-;/m1./s1. The van der Waals surface area contributed by atoms with Gasteiger partial charge in [0.25, 0.3) is 5.56 Å². The van der Waals surface area contributed by atoms with E-state index in [1.807, 2.05) is 19.1 Å². The van der Waals surface area contributed by atoms with Crippen LogP contribution in [0.1, 0.15) is 47.7 Å². The molecule has 1 saturated heterocycles. The van der Waals surface area contributed by atoms with Gasteiger partial charge in [0.15, 0.2) is 0 Å². The number of aromatic carboxylic acids is 1. The van der Waals surface area contributed by atoms with Gasteiger partial charge in [-0.1, -0.05) is 55.8 Å². The van der Waals surface area contributed by atoms with E-state index in [9.17, 15) is 27.9 Å². The maximum absolute atomic E-state index is 12.3. The highest BCUT2D eigenvalue weighted by molar-refractivity contribution is 5.88. The molecule has 1 aromatic heterocycles. The Morgan fingerprint density at radius 2 is 1.67 bits per heavy atom. The highest BCUT2D eigenvalue weighted by Crippen LogP contribution is 2.40. The van der Waals surface area contributed by atoms with Crippen LogP contribution in [0.5, 0.6) is 0 Å². The summed E-state index contributed by atoms with van der Waals surface area (Å²) >= 11 is 0. The fraction of sp³-hybridized carbons (Fsp3) is 0.406. The number of H-pyrrole nitrogens is 1. The molecule has 3 N–H and O–H groups in total. The SMILES string of the molecule is CCc1cc(C(=O)O)c(=O)[nH]c1-c1ccc(N2C[C@H]3CCC[C@@H](N(C)Cc4ccccc4)[C@H]3C2)cc1.O=C(O)C(F)(F)F. The summed E-state index contributed by atoms with van der Waals surface area (Å²) in [6.07, 6.45) is -0.596. The van der Waals surface area contributed by atoms with Crippen LogP contribution < -0.4 is 10.5 Å². The number of fused-ring (bicyclic) bond motifs is 1. The summed E-state index contributed by atoms with van der Waals surface area (Å²) in [5.41, 5.74) is 4.25. The van der Waals surface area contributed by atoms with Crippen molar-refractivity contribution in [2.45, 2.75) is 51.4 Å². The monoisotopic (exact) mass is 599 g/mol. The molecule has 43 heavy (non-hydrogen) atoms. The van der Waals surface area contributed by atoms with Crippen molar-refractivity contribution in [2.24, 2.45) is 11.8 Å². The minimum absolute atomic E-state index is 0.210. The van der Waals surface area contributed by atoms with Gasteiger partial charge in [0.2, 0.25) is 0 Å². The molecule has 0 spiro atoms. The van der Waals surface area contributed by atoms with Crippen molar-refractivity contribution in [3.8, 4) is 11.3 Å². The first-order valence-electron chi connectivity index (χ1n) is 14.3. The van der Waals surface area contributed by atoms with Crippen LogP contribution in [0.15, 0.2) is 65.5 Å². The van der Waals surface area contributed by atoms with E-state index in [4.69, 9.17) is 9.90 Å². The normalized spacial score (nSPS) is 19.9. The molecule has 0 radical (unpaired) electrons. The zero-order chi connectivity index (χ0) is 31.3. The number of hydrogen-bond donors (Lipinski definition) is 3. The molecule has 0 bridgehead atoms. The summed E-state index contributed by atoms with van der Waals surface area (Å²) in [6, 6.07) is 21.2. The number of carboxylic acid groups (broad SMARTS) is 2. The molecule has 0 unspecified atom stereocenters. The van der Waals surface area contributed by atoms with E-state index in [1.165, 1.54) is 36.6 Å². The van der Waals surface area contributed by atoms with E-state index in [1.54, 1.807) is 0 Å². The number of aromatic amines is 1. The van der Waals surface area contributed by atoms with Gasteiger partial charge in [-0.25, -0.2) is 9.59 Å². The highest BCUT2D eigenvalue weighted by Gasteiger charge is 2.42. The number of aromatic nitrogens is 1. The van der Waals surface area contributed by atoms with E-state index in [0.717, 1.165) is 30.8 Å². The van der Waals surface area contributed by atoms with Crippen LogP contribution in [0.4, 0.5) is 18.9 Å². The summed E-state index contributed by atoms with van der Waals surface area (Å²) in [5, 5.41) is 16.4. The van der Waals surface area contributed by atoms with Gasteiger partial charge in [-0.3, -0.25) is 9.69 Å². The van der Waals surface area contributed by atoms with Gasteiger partial charge in [0, 0.05) is 31.4 Å². The molecule has 3 aromatic rings. The number of aryl methyl sites for hydroxylation is 1. The number of alkyl halides is 3. The predicted molar refractivity (Wildman–Crippen MR) is 157 cm³/mol. The van der Waals surface area contributed by atoms with Crippen LogP contribution in [0.2, 0.25) is 0 Å². The Morgan fingerprint density at radius 3 is 2.26 bits per heavy atom. The molecule has 1 aliphatic heterocycles. The topological polar surface area (TPSA) is 114 Å². The van der Waals surface area contributed by atoms with Gasteiger partial charge in [-0.15, -0.1) is 0 Å². The van der Waals surface area contributed by atoms with Gasteiger partial charge >= 0.3 is 18.1 Å². The number of anilines is 1. The lowest BCUT2D eigenvalue weighted by atomic mass is 9.77. The average molecular weight is 600 g/mol. The predicted octanol–water partition coefficient (Wildman–Crippen LogP) is 5.67. The number of carbonyl (C=O) groups is 2. The fourth-order valence-electron chi connectivity index (χ4n) is 6.30. The third-order valence-corrected chi connectivity index (χ3v) is 8.40. The van der Waals surface area contributed by atoms with Crippen LogP contribution in [0.3, 0.4) is 0 Å². The zero-order valence-corrected chi connectivity index (χ0v) is 24.1. The quantitative estimate of drug-likeness (QED) is 0.321. The Hall–Kier alpha value is -4.12. The first-order chi connectivity index (χ1) is 20.4. The molecule has 2 aliphatic rings. The molecule has 0 amide bonds. The fourth-order valence-corrected chi connectivity index (χ4v) is 6.30. The maximum Gasteiger partial charge on any atom is 0.490 e. The van der Waals surface area contributed by atoms with E-state index >= 15 is 0 Å². The number of nitrogens with one attached hydrogen (secondary N) is 1. The van der Waals surface area contributed by atoms with Gasteiger partial charge in [-0.2, -0.15) is 13.2 Å². The molecule has 1 saturated carbocycles. The van der Waals surface area contributed by atoms with Gasteiger partial charge in [-0.05, 0) is 73.0 Å². The number of benzene rings is 2. The lowest BCUT2D eigenvalue weighted by molar-refractivity contribution is -0.192. The van der Waals surface area contributed by atoms with Crippen LogP contribution in [-0.4, -0.2) is 64.4 Å². The van der Waals surface area contributed by atoms with Gasteiger partial charge < -0.3 is 20.1 Å². The highest BCUT2D eigenvalue weighted by atomic mass is 19.4. The van der Waals surface area contributed by atoms with Crippen LogP contribution in [0, 0.1) is 11.8 Å². The number of aliphatic carboxylic acids is 1. The second-order valence-corrected chi connectivity index (χ2v) is 11.1. The zero-order valence-electron chi connectivity index (χ0n) is 24.1. The number of carboxylic acids is 2. The second-order valence-electron chi connectivity index (χ2n) is 11.1. The summed E-state index contributed by atoms with van der Waals surface area (Å²) in [5.74, 6) is -2.57. The van der Waals surface area contributed by atoms with E-state index in [-0.39, 0.29) is 5.56 Å². The summed E-state index contributed by atoms with van der Waals surface area (Å²) in [7, 11) is 2.28. The average Bonchev–Trinajstić information content (AvgIpc) is 3.42. The van der Waals surface area contributed by atoms with Crippen molar-refractivity contribution in [3.05, 3.63) is 87.7 Å². The molecular formula is C32H36F3N3O5. The smallest absolute Gasteiger partial charge is 0.477 e. The second kappa shape index (κ2) is 13.5. The third-order valence-electron chi connectivity index (χ3n) is 8.40.